The highest BCUT2D eigenvalue weighted by atomic mass is 35.5. The van der Waals surface area contributed by atoms with E-state index in [1.807, 2.05) is 0 Å². The lowest BCUT2D eigenvalue weighted by molar-refractivity contribution is 0.102. The number of hydrogen-bond acceptors (Lipinski definition) is 6. The van der Waals surface area contributed by atoms with E-state index in [2.05, 4.69) is 15.5 Å². The Morgan fingerprint density at radius 1 is 1.15 bits per heavy atom. The van der Waals surface area contributed by atoms with Crippen LogP contribution in [0.2, 0.25) is 5.02 Å². The van der Waals surface area contributed by atoms with E-state index in [1.54, 1.807) is 24.3 Å². The number of amides is 1. The predicted molar refractivity (Wildman–Crippen MR) is 96.9 cm³/mol. The Kier molecular flexibility index (Phi) is 5.06. The minimum atomic E-state index is -3.41. The zero-order chi connectivity index (χ0) is 18.7. The van der Waals surface area contributed by atoms with Gasteiger partial charge in [-0.2, -0.15) is 0 Å². The molecule has 0 saturated carbocycles. The van der Waals surface area contributed by atoms with Crippen LogP contribution in [0.5, 0.6) is 0 Å². The van der Waals surface area contributed by atoms with E-state index in [0.717, 1.165) is 0 Å². The maximum absolute atomic E-state index is 12.3. The van der Waals surface area contributed by atoms with Crippen molar-refractivity contribution in [2.24, 2.45) is 0 Å². The summed E-state index contributed by atoms with van der Waals surface area (Å²) in [6, 6.07) is 12.5. The van der Waals surface area contributed by atoms with Crippen molar-refractivity contribution in [3.8, 4) is 11.5 Å². The topological polar surface area (TPSA) is 102 Å². The summed E-state index contributed by atoms with van der Waals surface area (Å²) in [5.74, 6) is -0.408. The van der Waals surface area contributed by atoms with Crippen LogP contribution >= 0.6 is 11.6 Å². The monoisotopic (exact) mass is 391 g/mol. The predicted octanol–water partition coefficient (Wildman–Crippen LogP) is 3.44. The molecule has 0 aliphatic rings. The molecular formula is C17H14ClN3O4S. The third-order valence-electron chi connectivity index (χ3n) is 3.55. The van der Waals surface area contributed by atoms with E-state index in [9.17, 15) is 13.2 Å². The Balaban J connectivity index is 1.80. The minimum absolute atomic E-state index is 0.0509. The molecule has 9 heteroatoms. The fraction of sp³-hybridized carbons (Fsp3) is 0.118. The molecule has 2 aromatic carbocycles. The largest absolute Gasteiger partial charge is 0.403 e. The Morgan fingerprint density at radius 3 is 2.65 bits per heavy atom. The van der Waals surface area contributed by atoms with E-state index in [-0.39, 0.29) is 28.1 Å². The second kappa shape index (κ2) is 7.27. The quantitative estimate of drug-likeness (QED) is 0.714. The number of aromatic nitrogens is 2. The normalized spacial score (nSPS) is 11.3. The molecule has 0 aliphatic carbocycles. The number of halogens is 1. The molecule has 26 heavy (non-hydrogen) atoms. The lowest BCUT2D eigenvalue weighted by atomic mass is 10.2. The Morgan fingerprint density at radius 2 is 1.92 bits per heavy atom. The van der Waals surface area contributed by atoms with Crippen LogP contribution in [0.3, 0.4) is 0 Å². The van der Waals surface area contributed by atoms with Gasteiger partial charge in [0.15, 0.2) is 9.84 Å². The summed E-state index contributed by atoms with van der Waals surface area (Å²) >= 11 is 5.92. The third kappa shape index (κ3) is 3.92. The van der Waals surface area contributed by atoms with Crippen LogP contribution in [0.1, 0.15) is 17.3 Å². The van der Waals surface area contributed by atoms with Gasteiger partial charge in [0.05, 0.1) is 10.6 Å². The van der Waals surface area contributed by atoms with Crippen molar-refractivity contribution in [2.45, 2.75) is 11.8 Å². The summed E-state index contributed by atoms with van der Waals surface area (Å²) in [4.78, 5) is 12.4. The molecule has 0 radical (unpaired) electrons. The molecule has 0 fully saturated rings. The van der Waals surface area contributed by atoms with Crippen molar-refractivity contribution >= 4 is 33.4 Å². The van der Waals surface area contributed by atoms with Crippen molar-refractivity contribution < 1.29 is 17.6 Å². The number of sulfone groups is 1. The number of carbonyl (C=O) groups excluding carboxylic acids is 1. The van der Waals surface area contributed by atoms with Gasteiger partial charge in [-0.1, -0.05) is 35.8 Å². The summed E-state index contributed by atoms with van der Waals surface area (Å²) in [5.41, 5.74) is 0.781. The zero-order valence-electron chi connectivity index (χ0n) is 13.6. The zero-order valence-corrected chi connectivity index (χ0v) is 15.2. The van der Waals surface area contributed by atoms with Gasteiger partial charge in [0.25, 0.3) is 5.91 Å². The Labute approximate surface area is 154 Å². The van der Waals surface area contributed by atoms with Crippen molar-refractivity contribution in [1.29, 1.82) is 0 Å². The lowest BCUT2D eigenvalue weighted by Gasteiger charge is -2.04. The number of hydrogen-bond donors (Lipinski definition) is 1. The van der Waals surface area contributed by atoms with Crippen LogP contribution in [0.25, 0.3) is 11.5 Å². The van der Waals surface area contributed by atoms with Gasteiger partial charge in [0.1, 0.15) is 0 Å². The highest BCUT2D eigenvalue weighted by molar-refractivity contribution is 7.91. The molecule has 1 N–H and O–H groups in total. The van der Waals surface area contributed by atoms with Crippen LogP contribution in [0.4, 0.5) is 6.01 Å². The van der Waals surface area contributed by atoms with Gasteiger partial charge in [-0.25, -0.2) is 8.42 Å². The van der Waals surface area contributed by atoms with Crippen LogP contribution < -0.4 is 5.32 Å². The summed E-state index contributed by atoms with van der Waals surface area (Å²) in [6.07, 6.45) is 0. The second-order valence-corrected chi connectivity index (χ2v) is 8.02. The number of benzene rings is 2. The molecule has 0 bridgehead atoms. The summed E-state index contributed by atoms with van der Waals surface area (Å²) in [7, 11) is -3.41. The third-order valence-corrected chi connectivity index (χ3v) is 5.52. The van der Waals surface area contributed by atoms with Gasteiger partial charge in [-0.3, -0.25) is 10.1 Å². The average Bonchev–Trinajstić information content (AvgIpc) is 3.10. The molecule has 3 rings (SSSR count). The summed E-state index contributed by atoms with van der Waals surface area (Å²) in [6.45, 7) is 1.54. The summed E-state index contributed by atoms with van der Waals surface area (Å²) < 4.78 is 29.3. The molecular weight excluding hydrogens is 378 g/mol. The lowest BCUT2D eigenvalue weighted by Crippen LogP contribution is -2.13. The molecule has 0 saturated heterocycles. The maximum Gasteiger partial charge on any atom is 0.322 e. The summed E-state index contributed by atoms with van der Waals surface area (Å²) in [5, 5.41) is 10.6. The number of carbonyl (C=O) groups is 1. The first kappa shape index (κ1) is 18.1. The SMILES string of the molecule is CCS(=O)(=O)c1cccc(C(=O)Nc2nnc(-c3cccc(Cl)c3)o2)c1. The van der Waals surface area contributed by atoms with E-state index < -0.39 is 15.7 Å². The standard InChI is InChI=1S/C17H14ClN3O4S/c1-2-26(23,24)14-8-4-5-11(10-14)15(22)19-17-21-20-16(25-17)12-6-3-7-13(18)9-12/h3-10H,2H2,1H3,(H,19,21,22). The van der Waals surface area contributed by atoms with Crippen LogP contribution in [-0.2, 0) is 9.84 Å². The van der Waals surface area contributed by atoms with Gasteiger partial charge in [-0.05, 0) is 36.4 Å². The first-order valence-electron chi connectivity index (χ1n) is 7.62. The average molecular weight is 392 g/mol. The van der Waals surface area contributed by atoms with Crippen LogP contribution in [0, 0.1) is 0 Å². The van der Waals surface area contributed by atoms with Gasteiger partial charge in [0.2, 0.25) is 5.89 Å². The Hall–Kier alpha value is -2.71. The fourth-order valence-corrected chi connectivity index (χ4v) is 3.29. The van der Waals surface area contributed by atoms with Crippen LogP contribution in [0.15, 0.2) is 57.8 Å². The Bertz CT molecular complexity index is 1060. The fourth-order valence-electron chi connectivity index (χ4n) is 2.18. The van der Waals surface area contributed by atoms with Gasteiger partial charge in [0, 0.05) is 16.1 Å². The molecule has 1 amide bonds. The number of nitrogens with one attached hydrogen (secondary N) is 1. The minimum Gasteiger partial charge on any atom is -0.403 e. The first-order valence-corrected chi connectivity index (χ1v) is 9.65. The van der Waals surface area contributed by atoms with E-state index in [1.165, 1.54) is 31.2 Å². The van der Waals surface area contributed by atoms with E-state index >= 15 is 0 Å². The second-order valence-electron chi connectivity index (χ2n) is 5.31. The maximum atomic E-state index is 12.3. The van der Waals surface area contributed by atoms with Gasteiger partial charge >= 0.3 is 6.01 Å². The van der Waals surface area contributed by atoms with Gasteiger partial charge < -0.3 is 4.42 Å². The van der Waals surface area contributed by atoms with Gasteiger partial charge in [-0.15, -0.1) is 5.10 Å². The van der Waals surface area contributed by atoms with Crippen molar-refractivity contribution in [3.63, 3.8) is 0 Å². The smallest absolute Gasteiger partial charge is 0.322 e. The number of rotatable bonds is 5. The molecule has 134 valence electrons. The highest BCUT2D eigenvalue weighted by Gasteiger charge is 2.16. The van der Waals surface area contributed by atoms with E-state index in [4.69, 9.17) is 16.0 Å². The number of nitrogens with zero attached hydrogens (tertiary/aromatic N) is 2. The van der Waals surface area contributed by atoms with E-state index in [0.29, 0.717) is 10.6 Å². The van der Waals surface area contributed by atoms with Crippen molar-refractivity contribution in [3.05, 3.63) is 59.1 Å². The van der Waals surface area contributed by atoms with Crippen molar-refractivity contribution in [2.75, 3.05) is 11.1 Å². The van der Waals surface area contributed by atoms with Crippen LogP contribution in [-0.4, -0.2) is 30.3 Å². The molecule has 0 atom stereocenters. The molecule has 0 unspecified atom stereocenters. The number of anilines is 1. The molecule has 0 spiro atoms. The first-order chi connectivity index (χ1) is 12.4. The van der Waals surface area contributed by atoms with Crippen molar-refractivity contribution in [1.82, 2.24) is 10.2 Å². The molecule has 3 aromatic rings. The molecule has 1 heterocycles. The highest BCUT2D eigenvalue weighted by Crippen LogP contribution is 2.23. The molecule has 0 aliphatic heterocycles. The molecule has 1 aromatic heterocycles. The molecule has 7 nitrogen and oxygen atoms in total.